The molecule has 2 heteroatoms. The van der Waals surface area contributed by atoms with Crippen LogP contribution in [0.3, 0.4) is 0 Å². The average Bonchev–Trinajstić information content (AvgIpc) is 2.52. The third-order valence-corrected chi connectivity index (χ3v) is 2.58. The van der Waals surface area contributed by atoms with E-state index in [1.54, 1.807) is 0 Å². The molecule has 1 unspecified atom stereocenters. The highest BCUT2D eigenvalue weighted by atomic mass is 16.3. The number of hydrogen-bond donors (Lipinski definition) is 1. The minimum Gasteiger partial charge on any atom is -0.396 e. The van der Waals surface area contributed by atoms with Crippen LogP contribution < -0.4 is 0 Å². The largest absolute Gasteiger partial charge is 0.396 e. The summed E-state index contributed by atoms with van der Waals surface area (Å²) in [6, 6.07) is 0. The SMILES string of the molecule is C=C(CC)CN1CCC(CO)C1. The van der Waals surface area contributed by atoms with Gasteiger partial charge in [0, 0.05) is 19.7 Å². The molecule has 1 fully saturated rings. The van der Waals surface area contributed by atoms with E-state index in [0.29, 0.717) is 12.5 Å². The Kier molecular flexibility index (Phi) is 3.76. The van der Waals surface area contributed by atoms with E-state index in [9.17, 15) is 0 Å². The van der Waals surface area contributed by atoms with Crippen molar-refractivity contribution in [2.75, 3.05) is 26.2 Å². The van der Waals surface area contributed by atoms with E-state index in [4.69, 9.17) is 5.11 Å². The maximum atomic E-state index is 8.93. The first-order chi connectivity index (χ1) is 5.76. The van der Waals surface area contributed by atoms with E-state index < -0.39 is 0 Å². The maximum absolute atomic E-state index is 8.93. The molecule has 0 aromatic heterocycles. The number of hydrogen-bond acceptors (Lipinski definition) is 2. The molecule has 0 aromatic rings. The summed E-state index contributed by atoms with van der Waals surface area (Å²) in [7, 11) is 0. The van der Waals surface area contributed by atoms with Crippen LogP contribution in [0.1, 0.15) is 19.8 Å². The lowest BCUT2D eigenvalue weighted by atomic mass is 10.1. The van der Waals surface area contributed by atoms with E-state index in [2.05, 4.69) is 18.4 Å². The molecule has 0 bridgehead atoms. The normalized spacial score (nSPS) is 24.7. The van der Waals surface area contributed by atoms with Gasteiger partial charge >= 0.3 is 0 Å². The van der Waals surface area contributed by atoms with Crippen molar-refractivity contribution < 1.29 is 5.11 Å². The molecule has 1 rings (SSSR count). The van der Waals surface area contributed by atoms with Gasteiger partial charge in [-0.2, -0.15) is 0 Å². The van der Waals surface area contributed by atoms with E-state index in [1.807, 2.05) is 0 Å². The van der Waals surface area contributed by atoms with Crippen molar-refractivity contribution >= 4 is 0 Å². The lowest BCUT2D eigenvalue weighted by Crippen LogP contribution is -2.23. The molecule has 2 nitrogen and oxygen atoms in total. The summed E-state index contributed by atoms with van der Waals surface area (Å²) in [5, 5.41) is 8.93. The minimum absolute atomic E-state index is 0.342. The third kappa shape index (κ3) is 2.61. The summed E-state index contributed by atoms with van der Waals surface area (Å²) in [5.74, 6) is 0.509. The van der Waals surface area contributed by atoms with Crippen molar-refractivity contribution in [3.63, 3.8) is 0 Å². The number of aliphatic hydroxyl groups excluding tert-OH is 1. The molecular formula is C10H19NO. The molecule has 0 spiro atoms. The molecular weight excluding hydrogens is 150 g/mol. The van der Waals surface area contributed by atoms with Gasteiger partial charge in [-0.15, -0.1) is 0 Å². The molecule has 70 valence electrons. The van der Waals surface area contributed by atoms with Crippen LogP contribution in [-0.2, 0) is 0 Å². The number of nitrogens with zero attached hydrogens (tertiary/aromatic N) is 1. The smallest absolute Gasteiger partial charge is 0.0471 e. The van der Waals surface area contributed by atoms with Crippen LogP contribution in [0.4, 0.5) is 0 Å². The second-order valence-corrected chi connectivity index (χ2v) is 3.68. The molecule has 0 aliphatic carbocycles. The van der Waals surface area contributed by atoms with Crippen LogP contribution >= 0.6 is 0 Å². The van der Waals surface area contributed by atoms with E-state index in [-0.39, 0.29) is 0 Å². The molecule has 0 radical (unpaired) electrons. The minimum atomic E-state index is 0.342. The number of rotatable bonds is 4. The molecule has 0 aromatic carbocycles. The molecule has 1 heterocycles. The molecule has 1 aliphatic heterocycles. The molecule has 12 heavy (non-hydrogen) atoms. The fourth-order valence-corrected chi connectivity index (χ4v) is 1.63. The van der Waals surface area contributed by atoms with Gasteiger partial charge in [-0.1, -0.05) is 19.1 Å². The maximum Gasteiger partial charge on any atom is 0.0471 e. The summed E-state index contributed by atoms with van der Waals surface area (Å²) in [4.78, 5) is 2.38. The molecule has 0 saturated carbocycles. The first kappa shape index (κ1) is 9.75. The van der Waals surface area contributed by atoms with Crippen molar-refractivity contribution in [3.8, 4) is 0 Å². The monoisotopic (exact) mass is 169 g/mol. The van der Waals surface area contributed by atoms with Gasteiger partial charge in [-0.05, 0) is 25.3 Å². The molecule has 1 atom stereocenters. The van der Waals surface area contributed by atoms with Gasteiger partial charge in [0.1, 0.15) is 0 Å². The third-order valence-electron chi connectivity index (χ3n) is 2.58. The Balaban J connectivity index is 2.23. The van der Waals surface area contributed by atoms with Crippen LogP contribution in [0.2, 0.25) is 0 Å². The van der Waals surface area contributed by atoms with Crippen LogP contribution in [0.15, 0.2) is 12.2 Å². The van der Waals surface area contributed by atoms with E-state index in [0.717, 1.165) is 32.5 Å². The first-order valence-corrected chi connectivity index (χ1v) is 4.76. The summed E-state index contributed by atoms with van der Waals surface area (Å²) in [6.45, 7) is 9.67. The Labute approximate surface area is 74.9 Å². The predicted octanol–water partition coefficient (Wildman–Crippen LogP) is 1.27. The van der Waals surface area contributed by atoms with Crippen molar-refractivity contribution in [2.24, 2.45) is 5.92 Å². The number of likely N-dealkylation sites (tertiary alicyclic amines) is 1. The molecule has 0 amide bonds. The Morgan fingerprint density at radius 3 is 2.92 bits per heavy atom. The zero-order chi connectivity index (χ0) is 8.97. The Bertz CT molecular complexity index is 156. The fourth-order valence-electron chi connectivity index (χ4n) is 1.63. The molecule has 1 aliphatic rings. The van der Waals surface area contributed by atoms with Crippen LogP contribution in [0.25, 0.3) is 0 Å². The average molecular weight is 169 g/mol. The van der Waals surface area contributed by atoms with Gasteiger partial charge < -0.3 is 5.11 Å². The Hall–Kier alpha value is -0.340. The highest BCUT2D eigenvalue weighted by molar-refractivity contribution is 4.97. The lowest BCUT2D eigenvalue weighted by Gasteiger charge is -2.16. The highest BCUT2D eigenvalue weighted by Crippen LogP contribution is 2.16. The zero-order valence-corrected chi connectivity index (χ0v) is 7.92. The van der Waals surface area contributed by atoms with Gasteiger partial charge in [0.05, 0.1) is 0 Å². The van der Waals surface area contributed by atoms with Crippen molar-refractivity contribution in [1.29, 1.82) is 0 Å². The molecule has 1 saturated heterocycles. The lowest BCUT2D eigenvalue weighted by molar-refractivity contribution is 0.224. The van der Waals surface area contributed by atoms with E-state index in [1.165, 1.54) is 5.57 Å². The summed E-state index contributed by atoms with van der Waals surface area (Å²) < 4.78 is 0. The van der Waals surface area contributed by atoms with Gasteiger partial charge in [-0.3, -0.25) is 4.90 Å². The van der Waals surface area contributed by atoms with Gasteiger partial charge in [0.25, 0.3) is 0 Å². The van der Waals surface area contributed by atoms with Crippen LogP contribution in [0.5, 0.6) is 0 Å². The van der Waals surface area contributed by atoms with Crippen LogP contribution in [0, 0.1) is 5.92 Å². The first-order valence-electron chi connectivity index (χ1n) is 4.76. The second-order valence-electron chi connectivity index (χ2n) is 3.68. The summed E-state index contributed by atoms with van der Waals surface area (Å²) >= 11 is 0. The summed E-state index contributed by atoms with van der Waals surface area (Å²) in [6.07, 6.45) is 2.22. The topological polar surface area (TPSA) is 23.5 Å². The van der Waals surface area contributed by atoms with Crippen molar-refractivity contribution in [3.05, 3.63) is 12.2 Å². The standard InChI is InChI=1S/C10H19NO/c1-3-9(2)6-11-5-4-10(7-11)8-12/h10,12H,2-8H2,1H3. The quantitative estimate of drug-likeness (QED) is 0.641. The second kappa shape index (κ2) is 4.63. The molecule has 1 N–H and O–H groups in total. The van der Waals surface area contributed by atoms with Crippen molar-refractivity contribution in [1.82, 2.24) is 4.90 Å². The van der Waals surface area contributed by atoms with Gasteiger partial charge in [-0.25, -0.2) is 0 Å². The fraction of sp³-hybridized carbons (Fsp3) is 0.800. The van der Waals surface area contributed by atoms with E-state index >= 15 is 0 Å². The van der Waals surface area contributed by atoms with Gasteiger partial charge in [0.15, 0.2) is 0 Å². The summed E-state index contributed by atoms with van der Waals surface area (Å²) in [5.41, 5.74) is 1.30. The zero-order valence-electron chi connectivity index (χ0n) is 7.92. The predicted molar refractivity (Wildman–Crippen MR) is 51.1 cm³/mol. The highest BCUT2D eigenvalue weighted by Gasteiger charge is 2.21. The van der Waals surface area contributed by atoms with Crippen LogP contribution in [-0.4, -0.2) is 36.2 Å². The van der Waals surface area contributed by atoms with Crippen molar-refractivity contribution in [2.45, 2.75) is 19.8 Å². The van der Waals surface area contributed by atoms with Gasteiger partial charge in [0.2, 0.25) is 0 Å². The number of aliphatic hydroxyl groups is 1. The Morgan fingerprint density at radius 2 is 2.42 bits per heavy atom. The Morgan fingerprint density at radius 1 is 1.67 bits per heavy atom.